The molecular formula is C24H35N5O3. The van der Waals surface area contributed by atoms with Crippen molar-refractivity contribution in [3.05, 3.63) is 35.4 Å². The summed E-state index contributed by atoms with van der Waals surface area (Å²) in [5.41, 5.74) is 5.19. The number of benzene rings is 1. The van der Waals surface area contributed by atoms with Gasteiger partial charge in [0, 0.05) is 24.7 Å². The van der Waals surface area contributed by atoms with Gasteiger partial charge >= 0.3 is 6.01 Å². The van der Waals surface area contributed by atoms with Crippen LogP contribution in [0.4, 0.5) is 11.6 Å². The lowest BCUT2D eigenvalue weighted by molar-refractivity contribution is 0.0251. The molecule has 8 heteroatoms. The van der Waals surface area contributed by atoms with E-state index in [1.807, 2.05) is 18.2 Å². The van der Waals surface area contributed by atoms with E-state index < -0.39 is 5.60 Å². The standard InChI is InChI=1S/C24H35N5O3/c1-5-12-29(13-6-2)22-15-21(25-23(26-22)32-16-24(3,4)31)28-27-20-9-7-8-17-14-18(30)10-11-19(17)20/h10-11,14-15,30-31H,5-9,12-13,16H2,1-4H3,(H,25,26,28)/b27-20+. The summed E-state index contributed by atoms with van der Waals surface area (Å²) >= 11 is 0. The molecule has 1 aliphatic rings. The number of ether oxygens (including phenoxy) is 1. The summed E-state index contributed by atoms with van der Waals surface area (Å²) in [5, 5.41) is 24.5. The maximum absolute atomic E-state index is 10.0. The van der Waals surface area contributed by atoms with Gasteiger partial charge in [0.25, 0.3) is 0 Å². The summed E-state index contributed by atoms with van der Waals surface area (Å²) in [6, 6.07) is 7.50. The van der Waals surface area contributed by atoms with E-state index in [0.29, 0.717) is 5.82 Å². The Hall–Kier alpha value is -2.87. The Balaban J connectivity index is 1.89. The van der Waals surface area contributed by atoms with E-state index in [-0.39, 0.29) is 18.4 Å². The Morgan fingerprint density at radius 2 is 1.88 bits per heavy atom. The Morgan fingerprint density at radius 1 is 1.12 bits per heavy atom. The molecule has 0 aliphatic heterocycles. The largest absolute Gasteiger partial charge is 0.508 e. The minimum absolute atomic E-state index is 0.0861. The van der Waals surface area contributed by atoms with Crippen LogP contribution in [0, 0.1) is 0 Å². The van der Waals surface area contributed by atoms with Crippen LogP contribution in [0.15, 0.2) is 29.4 Å². The summed E-state index contributed by atoms with van der Waals surface area (Å²) in [6.45, 7) is 9.48. The zero-order valence-corrected chi connectivity index (χ0v) is 19.6. The average molecular weight is 442 g/mol. The van der Waals surface area contributed by atoms with E-state index in [1.54, 1.807) is 19.9 Å². The van der Waals surface area contributed by atoms with Crippen LogP contribution in [0.1, 0.15) is 64.5 Å². The van der Waals surface area contributed by atoms with Crippen molar-refractivity contribution < 1.29 is 14.9 Å². The van der Waals surface area contributed by atoms with Crippen LogP contribution in [-0.2, 0) is 6.42 Å². The molecule has 1 aliphatic carbocycles. The molecule has 0 bridgehead atoms. The van der Waals surface area contributed by atoms with Gasteiger partial charge in [-0.3, -0.25) is 5.43 Å². The summed E-state index contributed by atoms with van der Waals surface area (Å²) < 4.78 is 5.70. The van der Waals surface area contributed by atoms with Crippen LogP contribution < -0.4 is 15.1 Å². The number of hydrogen-bond donors (Lipinski definition) is 3. The van der Waals surface area contributed by atoms with Crippen LogP contribution in [0.25, 0.3) is 0 Å². The number of aliphatic hydroxyl groups is 1. The first-order valence-corrected chi connectivity index (χ1v) is 11.4. The Kier molecular flexibility index (Phi) is 7.90. The van der Waals surface area contributed by atoms with Crippen molar-refractivity contribution in [3.63, 3.8) is 0 Å². The van der Waals surface area contributed by atoms with E-state index in [4.69, 9.17) is 4.74 Å². The third kappa shape index (κ3) is 6.56. The molecule has 0 saturated heterocycles. The molecule has 1 aromatic carbocycles. The van der Waals surface area contributed by atoms with Gasteiger partial charge in [0.15, 0.2) is 5.82 Å². The number of anilines is 2. The zero-order valence-electron chi connectivity index (χ0n) is 19.6. The van der Waals surface area contributed by atoms with Crippen LogP contribution in [0.5, 0.6) is 11.8 Å². The van der Waals surface area contributed by atoms with Gasteiger partial charge in [-0.15, -0.1) is 0 Å². The molecule has 1 heterocycles. The molecule has 8 nitrogen and oxygen atoms in total. The number of hydrogen-bond acceptors (Lipinski definition) is 8. The second kappa shape index (κ2) is 10.6. The summed E-state index contributed by atoms with van der Waals surface area (Å²) in [7, 11) is 0. The molecule has 32 heavy (non-hydrogen) atoms. The highest BCUT2D eigenvalue weighted by Crippen LogP contribution is 2.26. The third-order valence-corrected chi connectivity index (χ3v) is 5.12. The lowest BCUT2D eigenvalue weighted by Crippen LogP contribution is -2.29. The van der Waals surface area contributed by atoms with Gasteiger partial charge in [0.1, 0.15) is 18.2 Å². The van der Waals surface area contributed by atoms with E-state index in [1.165, 1.54) is 0 Å². The molecule has 0 atom stereocenters. The molecule has 3 N–H and O–H groups in total. The first-order valence-electron chi connectivity index (χ1n) is 11.4. The second-order valence-corrected chi connectivity index (χ2v) is 8.85. The SMILES string of the molecule is CCCN(CCC)c1cc(N/N=C2\CCCc3cc(O)ccc32)nc(OCC(C)(C)O)n1. The Labute approximate surface area is 190 Å². The van der Waals surface area contributed by atoms with Crippen LogP contribution in [-0.4, -0.2) is 51.2 Å². The minimum Gasteiger partial charge on any atom is -0.508 e. The highest BCUT2D eigenvalue weighted by Gasteiger charge is 2.18. The number of phenolic OH excluding ortho intramolecular Hbond substituents is 1. The third-order valence-electron chi connectivity index (χ3n) is 5.12. The first-order chi connectivity index (χ1) is 15.3. The highest BCUT2D eigenvalue weighted by atomic mass is 16.5. The van der Waals surface area contributed by atoms with Crippen molar-refractivity contribution in [3.8, 4) is 11.8 Å². The molecule has 174 valence electrons. The number of nitrogens with one attached hydrogen (secondary N) is 1. The lowest BCUT2D eigenvalue weighted by Gasteiger charge is -2.24. The number of fused-ring (bicyclic) bond motifs is 1. The smallest absolute Gasteiger partial charge is 0.320 e. The van der Waals surface area contributed by atoms with Crippen molar-refractivity contribution in [2.75, 3.05) is 30.0 Å². The molecule has 0 saturated carbocycles. The Morgan fingerprint density at radius 3 is 2.56 bits per heavy atom. The molecule has 0 spiro atoms. The summed E-state index contributed by atoms with van der Waals surface area (Å²) in [6.07, 6.45) is 4.75. The summed E-state index contributed by atoms with van der Waals surface area (Å²) in [4.78, 5) is 11.2. The molecule has 0 fully saturated rings. The molecular weight excluding hydrogens is 406 g/mol. The van der Waals surface area contributed by atoms with E-state index in [2.05, 4.69) is 39.2 Å². The van der Waals surface area contributed by atoms with Gasteiger partial charge in [-0.1, -0.05) is 13.8 Å². The van der Waals surface area contributed by atoms with Gasteiger partial charge in [-0.05, 0) is 69.7 Å². The quantitative estimate of drug-likeness (QED) is 0.477. The number of aromatic nitrogens is 2. The fourth-order valence-electron chi connectivity index (χ4n) is 3.71. The van der Waals surface area contributed by atoms with E-state index in [0.717, 1.165) is 67.9 Å². The molecule has 0 radical (unpaired) electrons. The van der Waals surface area contributed by atoms with Gasteiger partial charge in [0.2, 0.25) is 0 Å². The zero-order chi connectivity index (χ0) is 23.1. The van der Waals surface area contributed by atoms with Gasteiger partial charge in [0.05, 0.1) is 11.3 Å². The molecule has 0 unspecified atom stereocenters. The molecule has 0 amide bonds. The minimum atomic E-state index is -0.989. The van der Waals surface area contributed by atoms with Crippen molar-refractivity contribution in [1.82, 2.24) is 9.97 Å². The Bertz CT molecular complexity index is 934. The number of hydrazone groups is 1. The van der Waals surface area contributed by atoms with Gasteiger partial charge in [-0.25, -0.2) is 0 Å². The van der Waals surface area contributed by atoms with Gasteiger partial charge < -0.3 is 19.8 Å². The molecule has 1 aromatic heterocycles. The fraction of sp³-hybridized carbons (Fsp3) is 0.542. The molecule has 3 rings (SSSR count). The van der Waals surface area contributed by atoms with Crippen molar-refractivity contribution in [1.29, 1.82) is 0 Å². The fourth-order valence-corrected chi connectivity index (χ4v) is 3.71. The number of aryl methyl sites for hydroxylation is 1. The monoisotopic (exact) mass is 441 g/mol. The van der Waals surface area contributed by atoms with Crippen LogP contribution in [0.2, 0.25) is 0 Å². The maximum Gasteiger partial charge on any atom is 0.320 e. The highest BCUT2D eigenvalue weighted by molar-refractivity contribution is 6.03. The van der Waals surface area contributed by atoms with Crippen LogP contribution in [0.3, 0.4) is 0 Å². The van der Waals surface area contributed by atoms with E-state index in [9.17, 15) is 10.2 Å². The topological polar surface area (TPSA) is 103 Å². The van der Waals surface area contributed by atoms with Crippen molar-refractivity contribution in [2.24, 2.45) is 5.10 Å². The first kappa shape index (κ1) is 23.8. The predicted molar refractivity (Wildman–Crippen MR) is 128 cm³/mol. The van der Waals surface area contributed by atoms with E-state index >= 15 is 0 Å². The van der Waals surface area contributed by atoms with Crippen LogP contribution >= 0.6 is 0 Å². The second-order valence-electron chi connectivity index (χ2n) is 8.85. The van der Waals surface area contributed by atoms with Crippen molar-refractivity contribution >= 4 is 17.3 Å². The number of rotatable bonds is 10. The van der Waals surface area contributed by atoms with Gasteiger partial charge in [-0.2, -0.15) is 15.1 Å². The predicted octanol–water partition coefficient (Wildman–Crippen LogP) is 4.11. The number of phenols is 1. The average Bonchev–Trinajstić information content (AvgIpc) is 2.75. The maximum atomic E-state index is 10.0. The number of nitrogens with zero attached hydrogens (tertiary/aromatic N) is 4. The summed E-state index contributed by atoms with van der Waals surface area (Å²) in [5.74, 6) is 1.58. The normalized spacial score (nSPS) is 14.8. The lowest BCUT2D eigenvalue weighted by atomic mass is 9.90. The molecule has 2 aromatic rings. The van der Waals surface area contributed by atoms with Crippen molar-refractivity contribution in [2.45, 2.75) is 65.4 Å². The number of aromatic hydroxyl groups is 1.